The molecular formula is C15H18O3. The first-order valence-corrected chi connectivity index (χ1v) is 6.33. The van der Waals surface area contributed by atoms with E-state index < -0.39 is 11.4 Å². The van der Waals surface area contributed by atoms with E-state index in [2.05, 4.69) is 0 Å². The second kappa shape index (κ2) is 4.56. The van der Waals surface area contributed by atoms with Crippen molar-refractivity contribution in [2.24, 2.45) is 5.92 Å². The van der Waals surface area contributed by atoms with Gasteiger partial charge >= 0.3 is 5.97 Å². The van der Waals surface area contributed by atoms with E-state index in [-0.39, 0.29) is 5.78 Å². The highest BCUT2D eigenvalue weighted by Gasteiger charge is 2.51. The predicted octanol–water partition coefficient (Wildman–Crippen LogP) is 3.03. The van der Waals surface area contributed by atoms with E-state index in [1.165, 1.54) is 0 Å². The van der Waals surface area contributed by atoms with Crippen molar-refractivity contribution in [3.63, 3.8) is 0 Å². The zero-order valence-electron chi connectivity index (χ0n) is 10.8. The average molecular weight is 246 g/mol. The Kier molecular flexibility index (Phi) is 3.24. The summed E-state index contributed by atoms with van der Waals surface area (Å²) in [6.07, 6.45) is 1.85. The Morgan fingerprint density at radius 3 is 2.50 bits per heavy atom. The number of carboxylic acid groups (broad SMARTS) is 1. The molecule has 1 N–H and O–H groups in total. The minimum absolute atomic E-state index is 0.0908. The summed E-state index contributed by atoms with van der Waals surface area (Å²) in [6, 6.07) is 7.12. The van der Waals surface area contributed by atoms with Gasteiger partial charge in [0.1, 0.15) is 0 Å². The number of carboxylic acids is 1. The summed E-state index contributed by atoms with van der Waals surface area (Å²) in [4.78, 5) is 23.2. The van der Waals surface area contributed by atoms with Gasteiger partial charge in [-0.1, -0.05) is 32.0 Å². The lowest BCUT2D eigenvalue weighted by atomic mass is 9.92. The third-order valence-electron chi connectivity index (χ3n) is 3.49. The smallest absolute Gasteiger partial charge is 0.314 e. The fourth-order valence-corrected chi connectivity index (χ4v) is 2.23. The number of carbonyl (C=O) groups excluding carboxylic acids is 1. The largest absolute Gasteiger partial charge is 0.481 e. The molecule has 2 rings (SSSR count). The molecule has 1 fully saturated rings. The van der Waals surface area contributed by atoms with Crippen LogP contribution >= 0.6 is 0 Å². The molecule has 1 aliphatic carbocycles. The molecule has 1 aromatic rings. The topological polar surface area (TPSA) is 54.4 Å². The van der Waals surface area contributed by atoms with Crippen LogP contribution in [0.15, 0.2) is 24.3 Å². The van der Waals surface area contributed by atoms with Crippen molar-refractivity contribution in [3.8, 4) is 0 Å². The Balaban J connectivity index is 2.26. The van der Waals surface area contributed by atoms with Gasteiger partial charge < -0.3 is 5.11 Å². The van der Waals surface area contributed by atoms with Crippen LogP contribution in [-0.4, -0.2) is 16.9 Å². The summed E-state index contributed by atoms with van der Waals surface area (Å²) < 4.78 is 0. The minimum Gasteiger partial charge on any atom is -0.481 e. The summed E-state index contributed by atoms with van der Waals surface area (Å²) in [7, 11) is 0. The fourth-order valence-electron chi connectivity index (χ4n) is 2.23. The highest BCUT2D eigenvalue weighted by molar-refractivity contribution is 5.97. The Hall–Kier alpha value is -1.64. The Labute approximate surface area is 107 Å². The molecule has 0 spiro atoms. The van der Waals surface area contributed by atoms with E-state index in [0.29, 0.717) is 30.7 Å². The number of rotatable bonds is 5. The first kappa shape index (κ1) is 12.8. The van der Waals surface area contributed by atoms with Crippen LogP contribution < -0.4 is 0 Å². The van der Waals surface area contributed by atoms with E-state index in [1.807, 2.05) is 19.9 Å². The van der Waals surface area contributed by atoms with Gasteiger partial charge in [0.2, 0.25) is 0 Å². The predicted molar refractivity (Wildman–Crippen MR) is 68.8 cm³/mol. The fraction of sp³-hybridized carbons (Fsp3) is 0.467. The van der Waals surface area contributed by atoms with E-state index in [1.54, 1.807) is 18.2 Å². The molecule has 0 amide bonds. The lowest BCUT2D eigenvalue weighted by Crippen LogP contribution is -2.20. The van der Waals surface area contributed by atoms with Gasteiger partial charge in [0.15, 0.2) is 5.78 Å². The number of carbonyl (C=O) groups is 2. The second-order valence-electron chi connectivity index (χ2n) is 5.49. The summed E-state index contributed by atoms with van der Waals surface area (Å²) in [5.41, 5.74) is 0.673. The molecule has 0 atom stereocenters. The standard InChI is InChI=1S/C15H18O3/c1-10(2)8-13(16)11-4-3-5-12(9-11)15(6-7-15)14(17)18/h3-5,9-10H,6-8H2,1-2H3,(H,17,18). The molecule has 3 nitrogen and oxygen atoms in total. The molecule has 0 unspecified atom stereocenters. The molecule has 1 aliphatic rings. The third kappa shape index (κ3) is 2.30. The van der Waals surface area contributed by atoms with Crippen molar-refractivity contribution in [2.75, 3.05) is 0 Å². The molecule has 0 bridgehead atoms. The molecule has 1 saturated carbocycles. The number of hydrogen-bond donors (Lipinski definition) is 1. The number of ketones is 1. The van der Waals surface area contributed by atoms with Gasteiger partial charge in [0.05, 0.1) is 5.41 Å². The van der Waals surface area contributed by atoms with Crippen molar-refractivity contribution in [2.45, 2.75) is 38.5 Å². The maximum atomic E-state index is 12.0. The molecule has 3 heteroatoms. The summed E-state index contributed by atoms with van der Waals surface area (Å²) in [5.74, 6) is -0.375. The second-order valence-corrected chi connectivity index (χ2v) is 5.49. The molecule has 0 saturated heterocycles. The maximum Gasteiger partial charge on any atom is 0.314 e. The quantitative estimate of drug-likeness (QED) is 0.812. The zero-order valence-corrected chi connectivity index (χ0v) is 10.8. The molecule has 0 aromatic heterocycles. The molecule has 1 aromatic carbocycles. The third-order valence-corrected chi connectivity index (χ3v) is 3.49. The molecular weight excluding hydrogens is 228 g/mol. The Morgan fingerprint density at radius 2 is 2.00 bits per heavy atom. The summed E-state index contributed by atoms with van der Waals surface area (Å²) in [6.45, 7) is 4.00. The highest BCUT2D eigenvalue weighted by Crippen LogP contribution is 2.48. The molecule has 0 aliphatic heterocycles. The van der Waals surface area contributed by atoms with Crippen LogP contribution in [0.3, 0.4) is 0 Å². The highest BCUT2D eigenvalue weighted by atomic mass is 16.4. The van der Waals surface area contributed by atoms with Crippen molar-refractivity contribution in [1.82, 2.24) is 0 Å². The van der Waals surface area contributed by atoms with Crippen LogP contribution in [0.5, 0.6) is 0 Å². The van der Waals surface area contributed by atoms with Crippen LogP contribution in [-0.2, 0) is 10.2 Å². The lowest BCUT2D eigenvalue weighted by Gasteiger charge is -2.12. The average Bonchev–Trinajstić information content (AvgIpc) is 3.09. The summed E-state index contributed by atoms with van der Waals surface area (Å²) in [5, 5.41) is 9.25. The van der Waals surface area contributed by atoms with Crippen LogP contribution in [0, 0.1) is 5.92 Å². The number of hydrogen-bond acceptors (Lipinski definition) is 2. The van der Waals surface area contributed by atoms with Crippen molar-refractivity contribution >= 4 is 11.8 Å². The van der Waals surface area contributed by atoms with Crippen LogP contribution in [0.1, 0.15) is 49.0 Å². The zero-order chi connectivity index (χ0) is 13.3. The van der Waals surface area contributed by atoms with E-state index >= 15 is 0 Å². The van der Waals surface area contributed by atoms with E-state index in [9.17, 15) is 14.7 Å². The molecule has 0 radical (unpaired) electrons. The SMILES string of the molecule is CC(C)CC(=O)c1cccc(C2(C(=O)O)CC2)c1. The van der Waals surface area contributed by atoms with Gasteiger partial charge in [-0.2, -0.15) is 0 Å². The van der Waals surface area contributed by atoms with Gasteiger partial charge in [0.25, 0.3) is 0 Å². The van der Waals surface area contributed by atoms with Crippen LogP contribution in [0.4, 0.5) is 0 Å². The van der Waals surface area contributed by atoms with Crippen molar-refractivity contribution < 1.29 is 14.7 Å². The normalized spacial score (nSPS) is 16.6. The molecule has 96 valence electrons. The number of aliphatic carboxylic acids is 1. The van der Waals surface area contributed by atoms with E-state index in [4.69, 9.17) is 0 Å². The molecule has 0 heterocycles. The maximum absolute atomic E-state index is 12.0. The number of Topliss-reactive ketones (excluding diaryl/α,β-unsaturated/α-hetero) is 1. The van der Waals surface area contributed by atoms with Crippen LogP contribution in [0.25, 0.3) is 0 Å². The van der Waals surface area contributed by atoms with Gasteiger partial charge in [-0.25, -0.2) is 0 Å². The minimum atomic E-state index is -0.782. The van der Waals surface area contributed by atoms with Gasteiger partial charge in [0, 0.05) is 12.0 Å². The molecule has 18 heavy (non-hydrogen) atoms. The van der Waals surface area contributed by atoms with Crippen LogP contribution in [0.2, 0.25) is 0 Å². The Morgan fingerprint density at radius 1 is 1.33 bits per heavy atom. The van der Waals surface area contributed by atoms with Gasteiger partial charge in [-0.05, 0) is 30.4 Å². The first-order valence-electron chi connectivity index (χ1n) is 6.33. The van der Waals surface area contributed by atoms with E-state index in [0.717, 1.165) is 5.56 Å². The van der Waals surface area contributed by atoms with Crippen molar-refractivity contribution in [3.05, 3.63) is 35.4 Å². The summed E-state index contributed by atoms with van der Waals surface area (Å²) >= 11 is 0. The van der Waals surface area contributed by atoms with Crippen molar-refractivity contribution in [1.29, 1.82) is 0 Å². The monoisotopic (exact) mass is 246 g/mol. The lowest BCUT2D eigenvalue weighted by molar-refractivity contribution is -0.140. The van der Waals surface area contributed by atoms with Gasteiger partial charge in [-0.15, -0.1) is 0 Å². The Bertz CT molecular complexity index is 484. The first-order chi connectivity index (χ1) is 8.45. The number of benzene rings is 1. The van der Waals surface area contributed by atoms with Gasteiger partial charge in [-0.3, -0.25) is 9.59 Å².